The van der Waals surface area contributed by atoms with Crippen molar-refractivity contribution in [1.29, 1.82) is 5.26 Å². The number of hydrogen-bond donors (Lipinski definition) is 1. The Labute approximate surface area is 155 Å². The molecule has 2 aromatic rings. The van der Waals surface area contributed by atoms with Gasteiger partial charge in [-0.2, -0.15) is 9.57 Å². The van der Waals surface area contributed by atoms with E-state index in [4.69, 9.17) is 5.26 Å². The van der Waals surface area contributed by atoms with Gasteiger partial charge in [0.25, 0.3) is 0 Å². The maximum Gasteiger partial charge on any atom is 0.243 e. The molecule has 0 saturated carbocycles. The molecule has 0 spiro atoms. The number of carbonyl (C=O) groups excluding carboxylic acids is 1. The standard InChI is InChI=1S/C17H16BrN3O3S/c1-2-21(25(23,24)16-8-6-14(18)7-9-16)12-17(22)20-15-5-3-4-13(10-15)11-19/h3-10H,2,12H2,1H3,(H,20,22). The summed E-state index contributed by atoms with van der Waals surface area (Å²) in [6.45, 7) is 1.51. The lowest BCUT2D eigenvalue weighted by Gasteiger charge is -2.20. The number of likely N-dealkylation sites (N-methyl/N-ethyl adjacent to an activating group) is 1. The van der Waals surface area contributed by atoms with E-state index in [1.165, 1.54) is 18.2 Å². The minimum absolute atomic E-state index is 0.122. The molecule has 1 N–H and O–H groups in total. The lowest BCUT2D eigenvalue weighted by atomic mass is 10.2. The number of amides is 1. The van der Waals surface area contributed by atoms with Crippen LogP contribution >= 0.6 is 15.9 Å². The van der Waals surface area contributed by atoms with Crippen molar-refractivity contribution in [3.8, 4) is 6.07 Å². The van der Waals surface area contributed by atoms with Gasteiger partial charge in [0.2, 0.25) is 15.9 Å². The highest BCUT2D eigenvalue weighted by Crippen LogP contribution is 2.19. The average Bonchev–Trinajstić information content (AvgIpc) is 2.60. The van der Waals surface area contributed by atoms with Crippen molar-refractivity contribution in [3.05, 3.63) is 58.6 Å². The van der Waals surface area contributed by atoms with Gasteiger partial charge in [0.05, 0.1) is 23.1 Å². The molecule has 0 fully saturated rings. The van der Waals surface area contributed by atoms with Gasteiger partial charge in [-0.05, 0) is 42.5 Å². The molecule has 0 unspecified atom stereocenters. The Morgan fingerprint density at radius 1 is 1.24 bits per heavy atom. The Bertz CT molecular complexity index is 905. The van der Waals surface area contributed by atoms with Gasteiger partial charge >= 0.3 is 0 Å². The Morgan fingerprint density at radius 2 is 1.92 bits per heavy atom. The summed E-state index contributed by atoms with van der Waals surface area (Å²) < 4.78 is 27.2. The Balaban J connectivity index is 2.14. The van der Waals surface area contributed by atoms with Crippen molar-refractivity contribution in [2.75, 3.05) is 18.4 Å². The fourth-order valence-corrected chi connectivity index (χ4v) is 3.82. The summed E-state index contributed by atoms with van der Waals surface area (Å²) in [7, 11) is -3.77. The number of nitriles is 1. The molecule has 0 aliphatic rings. The van der Waals surface area contributed by atoms with Gasteiger partial charge in [0.15, 0.2) is 0 Å². The first-order valence-electron chi connectivity index (χ1n) is 7.42. The van der Waals surface area contributed by atoms with Crippen LogP contribution in [0.5, 0.6) is 0 Å². The number of carbonyl (C=O) groups is 1. The molecule has 6 nitrogen and oxygen atoms in total. The van der Waals surface area contributed by atoms with Crippen molar-refractivity contribution >= 4 is 37.5 Å². The number of anilines is 1. The fourth-order valence-electron chi connectivity index (χ4n) is 2.15. The number of benzene rings is 2. The molecular formula is C17H16BrN3O3S. The van der Waals surface area contributed by atoms with Crippen LogP contribution in [0.15, 0.2) is 57.9 Å². The summed E-state index contributed by atoms with van der Waals surface area (Å²) in [6.07, 6.45) is 0. The second-order valence-corrected chi connectivity index (χ2v) is 7.98. The lowest BCUT2D eigenvalue weighted by Crippen LogP contribution is -2.37. The van der Waals surface area contributed by atoms with Crippen molar-refractivity contribution in [2.45, 2.75) is 11.8 Å². The van der Waals surface area contributed by atoms with E-state index < -0.39 is 15.9 Å². The fraction of sp³-hybridized carbons (Fsp3) is 0.176. The molecule has 0 heterocycles. The van der Waals surface area contributed by atoms with Crippen LogP contribution in [0, 0.1) is 11.3 Å². The van der Waals surface area contributed by atoms with Crippen LogP contribution < -0.4 is 5.32 Å². The number of sulfonamides is 1. The third kappa shape index (κ3) is 4.89. The Hall–Kier alpha value is -2.21. The highest BCUT2D eigenvalue weighted by Gasteiger charge is 2.25. The molecule has 0 atom stereocenters. The monoisotopic (exact) mass is 421 g/mol. The van der Waals surface area contributed by atoms with E-state index in [-0.39, 0.29) is 18.0 Å². The third-order valence-corrected chi connectivity index (χ3v) is 5.86. The summed E-state index contributed by atoms with van der Waals surface area (Å²) >= 11 is 3.26. The minimum atomic E-state index is -3.77. The molecule has 0 aliphatic carbocycles. The van der Waals surface area contributed by atoms with Crippen LogP contribution in [-0.4, -0.2) is 31.7 Å². The van der Waals surface area contributed by atoms with Crippen LogP contribution in [0.4, 0.5) is 5.69 Å². The molecule has 0 bridgehead atoms. The Kier molecular flexibility index (Phi) is 6.31. The number of nitrogens with one attached hydrogen (secondary N) is 1. The zero-order chi connectivity index (χ0) is 18.4. The summed E-state index contributed by atoms with van der Waals surface area (Å²) in [6, 6.07) is 14.6. The number of rotatable bonds is 6. The SMILES string of the molecule is CCN(CC(=O)Nc1cccc(C#N)c1)S(=O)(=O)c1ccc(Br)cc1. The van der Waals surface area contributed by atoms with Crippen LogP contribution in [0.25, 0.3) is 0 Å². The molecule has 2 aromatic carbocycles. The maximum absolute atomic E-state index is 12.7. The van der Waals surface area contributed by atoms with Crippen molar-refractivity contribution in [3.63, 3.8) is 0 Å². The summed E-state index contributed by atoms with van der Waals surface area (Å²) in [5.41, 5.74) is 0.855. The number of halogens is 1. The first-order chi connectivity index (χ1) is 11.9. The van der Waals surface area contributed by atoms with Crippen molar-refractivity contribution in [1.82, 2.24) is 4.31 Å². The van der Waals surface area contributed by atoms with E-state index in [0.717, 1.165) is 8.78 Å². The molecule has 1 amide bonds. The molecule has 0 saturated heterocycles. The van der Waals surface area contributed by atoms with E-state index in [0.29, 0.717) is 11.3 Å². The van der Waals surface area contributed by atoms with Gasteiger partial charge in [0.1, 0.15) is 0 Å². The zero-order valence-corrected chi connectivity index (χ0v) is 15.8. The van der Waals surface area contributed by atoms with Gasteiger partial charge in [-0.1, -0.05) is 28.9 Å². The van der Waals surface area contributed by atoms with Crippen molar-refractivity contribution < 1.29 is 13.2 Å². The van der Waals surface area contributed by atoms with Gasteiger partial charge < -0.3 is 5.32 Å². The summed E-state index contributed by atoms with van der Waals surface area (Å²) in [5.74, 6) is -0.474. The quantitative estimate of drug-likeness (QED) is 0.775. The van der Waals surface area contributed by atoms with Crippen molar-refractivity contribution in [2.24, 2.45) is 0 Å². The highest BCUT2D eigenvalue weighted by molar-refractivity contribution is 9.10. The molecule has 25 heavy (non-hydrogen) atoms. The van der Waals surface area contributed by atoms with Gasteiger partial charge in [-0.3, -0.25) is 4.79 Å². The van der Waals surface area contributed by atoms with E-state index in [2.05, 4.69) is 21.2 Å². The average molecular weight is 422 g/mol. The van der Waals surface area contributed by atoms with E-state index in [1.807, 2.05) is 6.07 Å². The molecule has 0 radical (unpaired) electrons. The molecular weight excluding hydrogens is 406 g/mol. The van der Waals surface area contributed by atoms with Crippen LogP contribution in [-0.2, 0) is 14.8 Å². The first-order valence-corrected chi connectivity index (χ1v) is 9.66. The highest BCUT2D eigenvalue weighted by atomic mass is 79.9. The van der Waals surface area contributed by atoms with E-state index in [1.54, 1.807) is 37.3 Å². The zero-order valence-electron chi connectivity index (χ0n) is 13.4. The van der Waals surface area contributed by atoms with Crippen LogP contribution in [0.2, 0.25) is 0 Å². The third-order valence-electron chi connectivity index (χ3n) is 3.40. The normalized spacial score (nSPS) is 11.1. The number of nitrogens with zero attached hydrogens (tertiary/aromatic N) is 2. The topological polar surface area (TPSA) is 90.3 Å². The van der Waals surface area contributed by atoms with E-state index in [9.17, 15) is 13.2 Å². The second kappa shape index (κ2) is 8.25. The second-order valence-electron chi connectivity index (χ2n) is 5.13. The first kappa shape index (κ1) is 19.1. The van der Waals surface area contributed by atoms with Gasteiger partial charge in [0, 0.05) is 16.7 Å². The lowest BCUT2D eigenvalue weighted by molar-refractivity contribution is -0.116. The summed E-state index contributed by atoms with van der Waals surface area (Å²) in [4.78, 5) is 12.3. The molecule has 2 rings (SSSR count). The van der Waals surface area contributed by atoms with Crippen LogP contribution in [0.1, 0.15) is 12.5 Å². The smallest absolute Gasteiger partial charge is 0.243 e. The van der Waals surface area contributed by atoms with Gasteiger partial charge in [-0.15, -0.1) is 0 Å². The molecule has 0 aromatic heterocycles. The summed E-state index contributed by atoms with van der Waals surface area (Å²) in [5, 5.41) is 11.5. The predicted octanol–water partition coefficient (Wildman–Crippen LogP) is 2.97. The molecule has 8 heteroatoms. The van der Waals surface area contributed by atoms with Crippen LogP contribution in [0.3, 0.4) is 0 Å². The maximum atomic E-state index is 12.7. The minimum Gasteiger partial charge on any atom is -0.325 e. The predicted molar refractivity (Wildman–Crippen MR) is 98.4 cm³/mol. The van der Waals surface area contributed by atoms with Gasteiger partial charge in [-0.25, -0.2) is 8.42 Å². The Morgan fingerprint density at radius 3 is 2.52 bits per heavy atom. The largest absolute Gasteiger partial charge is 0.325 e. The molecule has 130 valence electrons. The molecule has 0 aliphatic heterocycles. The van der Waals surface area contributed by atoms with E-state index >= 15 is 0 Å². The number of hydrogen-bond acceptors (Lipinski definition) is 4.